The van der Waals surface area contributed by atoms with Crippen molar-refractivity contribution in [1.82, 2.24) is 14.1 Å². The van der Waals surface area contributed by atoms with Gasteiger partial charge in [0.15, 0.2) is 4.77 Å². The molecule has 142 valence electrons. The van der Waals surface area contributed by atoms with Crippen molar-refractivity contribution >= 4 is 23.8 Å². The van der Waals surface area contributed by atoms with E-state index in [0.717, 1.165) is 5.56 Å². The Hall–Kier alpha value is -2.94. The van der Waals surface area contributed by atoms with Crippen LogP contribution in [0.3, 0.4) is 0 Å². The van der Waals surface area contributed by atoms with E-state index in [-0.39, 0.29) is 28.2 Å². The number of aromatic hydroxyl groups is 1. The number of hydrogen-bond donors (Lipinski definition) is 1. The number of nitrogens with zero attached hydrogens (tertiary/aromatic N) is 4. The quantitative estimate of drug-likeness (QED) is 0.811. The maximum Gasteiger partial charge on any atom is 0.267 e. The Morgan fingerprint density at radius 3 is 2.44 bits per heavy atom. The minimum atomic E-state index is -0.451. The summed E-state index contributed by atoms with van der Waals surface area (Å²) in [6.07, 6.45) is 0.297. The van der Waals surface area contributed by atoms with E-state index in [4.69, 9.17) is 17.0 Å². The van der Waals surface area contributed by atoms with Crippen molar-refractivity contribution in [3.63, 3.8) is 0 Å². The monoisotopic (exact) mass is 388 g/mol. The molecular formula is C18H20N4O4S. The van der Waals surface area contributed by atoms with E-state index in [1.165, 1.54) is 28.1 Å². The molecule has 3 rings (SSSR count). The van der Waals surface area contributed by atoms with Crippen LogP contribution in [0.25, 0.3) is 0 Å². The number of aromatic nitrogens is 2. The van der Waals surface area contributed by atoms with Gasteiger partial charge >= 0.3 is 0 Å². The molecule has 1 N–H and O–H groups in total. The Bertz CT molecular complexity index is 1050. The molecule has 9 heteroatoms. The van der Waals surface area contributed by atoms with Gasteiger partial charge < -0.3 is 9.84 Å². The average Bonchev–Trinajstić information content (AvgIpc) is 3.10. The summed E-state index contributed by atoms with van der Waals surface area (Å²) in [7, 11) is 4.68. The van der Waals surface area contributed by atoms with Gasteiger partial charge in [-0.05, 0) is 29.9 Å². The second-order valence-corrected chi connectivity index (χ2v) is 6.67. The SMILES string of the molecule is COc1ccc([C@@H]2CC(c3c(O)n(C)c(=S)n(C)c3=O)=NN2C(C)=O)cc1. The molecule has 1 aliphatic rings. The number of hydrazone groups is 1. The topological polar surface area (TPSA) is 89.1 Å². The van der Waals surface area contributed by atoms with E-state index in [1.807, 2.05) is 12.1 Å². The van der Waals surface area contributed by atoms with Crippen LogP contribution in [0.4, 0.5) is 0 Å². The van der Waals surface area contributed by atoms with Crippen molar-refractivity contribution in [2.24, 2.45) is 19.2 Å². The minimum Gasteiger partial charge on any atom is -0.497 e. The normalized spacial score (nSPS) is 16.4. The highest BCUT2D eigenvalue weighted by atomic mass is 32.1. The second-order valence-electron chi connectivity index (χ2n) is 6.31. The number of hydrogen-bond acceptors (Lipinski definition) is 6. The minimum absolute atomic E-state index is 0.0517. The van der Waals surface area contributed by atoms with Crippen molar-refractivity contribution in [3.05, 3.63) is 50.5 Å². The highest BCUT2D eigenvalue weighted by Crippen LogP contribution is 2.34. The first-order chi connectivity index (χ1) is 12.8. The van der Waals surface area contributed by atoms with Crippen LogP contribution in [0.2, 0.25) is 0 Å². The highest BCUT2D eigenvalue weighted by molar-refractivity contribution is 7.71. The van der Waals surface area contributed by atoms with E-state index in [9.17, 15) is 14.7 Å². The van der Waals surface area contributed by atoms with Crippen LogP contribution in [-0.4, -0.2) is 38.0 Å². The number of amides is 1. The van der Waals surface area contributed by atoms with Gasteiger partial charge in [-0.25, -0.2) is 5.01 Å². The van der Waals surface area contributed by atoms with Crippen LogP contribution < -0.4 is 10.3 Å². The van der Waals surface area contributed by atoms with Crippen LogP contribution in [0.1, 0.15) is 30.5 Å². The third-order valence-electron chi connectivity index (χ3n) is 4.66. The summed E-state index contributed by atoms with van der Waals surface area (Å²) in [5.74, 6) is 0.180. The van der Waals surface area contributed by atoms with Gasteiger partial charge in [-0.3, -0.25) is 18.7 Å². The molecule has 0 saturated heterocycles. The van der Waals surface area contributed by atoms with Crippen LogP contribution in [0.15, 0.2) is 34.2 Å². The lowest BCUT2D eigenvalue weighted by Crippen LogP contribution is -2.28. The predicted octanol–water partition coefficient (Wildman–Crippen LogP) is 1.87. The fourth-order valence-electron chi connectivity index (χ4n) is 3.12. The zero-order chi connectivity index (χ0) is 19.9. The molecule has 0 aliphatic carbocycles. The maximum absolute atomic E-state index is 12.7. The van der Waals surface area contributed by atoms with Gasteiger partial charge in [-0.1, -0.05) is 12.1 Å². The maximum atomic E-state index is 12.7. The molecular weight excluding hydrogens is 368 g/mol. The summed E-state index contributed by atoms with van der Waals surface area (Å²) in [5, 5.41) is 16.1. The molecule has 0 bridgehead atoms. The average molecular weight is 388 g/mol. The first-order valence-electron chi connectivity index (χ1n) is 8.26. The van der Waals surface area contributed by atoms with Gasteiger partial charge in [0, 0.05) is 27.4 Å². The molecule has 0 unspecified atom stereocenters. The van der Waals surface area contributed by atoms with Gasteiger partial charge in [0.1, 0.15) is 11.3 Å². The van der Waals surface area contributed by atoms with Crippen LogP contribution in [-0.2, 0) is 18.9 Å². The smallest absolute Gasteiger partial charge is 0.267 e. The first-order valence-corrected chi connectivity index (χ1v) is 8.67. The fraction of sp³-hybridized carbons (Fsp3) is 0.333. The van der Waals surface area contributed by atoms with Gasteiger partial charge in [0.2, 0.25) is 11.8 Å². The number of carbonyl (C=O) groups is 1. The molecule has 0 saturated carbocycles. The molecule has 27 heavy (non-hydrogen) atoms. The lowest BCUT2D eigenvalue weighted by molar-refractivity contribution is -0.130. The van der Waals surface area contributed by atoms with E-state index in [2.05, 4.69) is 5.10 Å². The molecule has 8 nitrogen and oxygen atoms in total. The number of rotatable bonds is 3. The van der Waals surface area contributed by atoms with E-state index < -0.39 is 5.56 Å². The van der Waals surface area contributed by atoms with Gasteiger partial charge in [-0.15, -0.1) is 0 Å². The molecule has 1 atom stereocenters. The van der Waals surface area contributed by atoms with Gasteiger partial charge in [0.05, 0.1) is 18.9 Å². The lowest BCUT2D eigenvalue weighted by Gasteiger charge is -2.20. The van der Waals surface area contributed by atoms with Crippen molar-refractivity contribution in [2.45, 2.75) is 19.4 Å². The predicted molar refractivity (Wildman–Crippen MR) is 103 cm³/mol. The molecule has 1 aliphatic heterocycles. The number of ether oxygens (including phenoxy) is 1. The summed E-state index contributed by atoms with van der Waals surface area (Å²) >= 11 is 5.14. The Kier molecular flexibility index (Phi) is 4.88. The Balaban J connectivity index is 2.09. The molecule has 0 spiro atoms. The van der Waals surface area contributed by atoms with Crippen molar-refractivity contribution in [3.8, 4) is 11.6 Å². The lowest BCUT2D eigenvalue weighted by atomic mass is 9.99. The third-order valence-corrected chi connectivity index (χ3v) is 5.20. The van der Waals surface area contributed by atoms with E-state index in [1.54, 1.807) is 26.3 Å². The number of carbonyl (C=O) groups excluding carboxylic acids is 1. The number of benzene rings is 1. The van der Waals surface area contributed by atoms with Gasteiger partial charge in [-0.2, -0.15) is 5.10 Å². The van der Waals surface area contributed by atoms with Crippen LogP contribution in [0.5, 0.6) is 11.6 Å². The van der Waals surface area contributed by atoms with Gasteiger partial charge in [0.25, 0.3) is 5.56 Å². The Morgan fingerprint density at radius 1 is 1.26 bits per heavy atom. The number of methoxy groups -OCH3 is 1. The Morgan fingerprint density at radius 2 is 1.89 bits per heavy atom. The third kappa shape index (κ3) is 3.14. The summed E-state index contributed by atoms with van der Waals surface area (Å²) < 4.78 is 7.97. The van der Waals surface area contributed by atoms with Crippen molar-refractivity contribution in [2.75, 3.05) is 7.11 Å². The summed E-state index contributed by atoms with van der Waals surface area (Å²) in [5.41, 5.74) is 0.796. The largest absolute Gasteiger partial charge is 0.497 e. The molecule has 1 amide bonds. The molecule has 2 aromatic rings. The standard InChI is InChI=1S/C18H20N4O4S/c1-10(23)22-14(11-5-7-12(26-4)8-6-11)9-13(19-22)15-16(24)20(2)18(27)21(3)17(15)25/h5-8,14,24H,9H2,1-4H3/t14-/m0/s1. The first kappa shape index (κ1) is 18.8. The zero-order valence-corrected chi connectivity index (χ0v) is 16.3. The van der Waals surface area contributed by atoms with Crippen LogP contribution in [0, 0.1) is 4.77 Å². The fourth-order valence-corrected chi connectivity index (χ4v) is 3.29. The summed E-state index contributed by atoms with van der Waals surface area (Å²) in [6, 6.07) is 6.92. The molecule has 1 aromatic carbocycles. The Labute approximate surface area is 160 Å². The van der Waals surface area contributed by atoms with Crippen molar-refractivity contribution < 1.29 is 14.6 Å². The highest BCUT2D eigenvalue weighted by Gasteiger charge is 2.34. The van der Waals surface area contributed by atoms with E-state index in [0.29, 0.717) is 17.9 Å². The zero-order valence-electron chi connectivity index (χ0n) is 15.5. The second kappa shape index (κ2) is 6.99. The summed E-state index contributed by atoms with van der Waals surface area (Å²) in [6.45, 7) is 1.41. The summed E-state index contributed by atoms with van der Waals surface area (Å²) in [4.78, 5) is 24.8. The van der Waals surface area contributed by atoms with E-state index >= 15 is 0 Å². The van der Waals surface area contributed by atoms with Crippen LogP contribution >= 0.6 is 12.2 Å². The molecule has 0 fully saturated rings. The molecule has 0 radical (unpaired) electrons. The molecule has 1 aromatic heterocycles. The van der Waals surface area contributed by atoms with Crippen molar-refractivity contribution in [1.29, 1.82) is 0 Å². The molecule has 2 heterocycles.